The van der Waals surface area contributed by atoms with Crippen molar-refractivity contribution in [3.05, 3.63) is 52.6 Å². The van der Waals surface area contributed by atoms with E-state index in [2.05, 4.69) is 10.4 Å². The van der Waals surface area contributed by atoms with Gasteiger partial charge in [-0.15, -0.1) is 0 Å². The minimum atomic E-state index is -0.582. The highest BCUT2D eigenvalue weighted by molar-refractivity contribution is 6.30. The van der Waals surface area contributed by atoms with Crippen molar-refractivity contribution in [3.63, 3.8) is 0 Å². The zero-order chi connectivity index (χ0) is 17.1. The summed E-state index contributed by atoms with van der Waals surface area (Å²) < 4.78 is 15.3. The second-order valence-electron chi connectivity index (χ2n) is 5.61. The van der Waals surface area contributed by atoms with Crippen molar-refractivity contribution in [2.75, 3.05) is 13.1 Å². The Labute approximate surface area is 143 Å². The van der Waals surface area contributed by atoms with E-state index in [4.69, 9.17) is 16.9 Å². The predicted octanol–water partition coefficient (Wildman–Crippen LogP) is 2.70. The van der Waals surface area contributed by atoms with Crippen molar-refractivity contribution >= 4 is 17.6 Å². The fourth-order valence-corrected chi connectivity index (χ4v) is 2.85. The molecule has 1 atom stereocenters. The Hall–Kier alpha value is -2.59. The van der Waals surface area contributed by atoms with Crippen LogP contribution in [0.2, 0.25) is 5.02 Å². The van der Waals surface area contributed by atoms with Gasteiger partial charge in [-0.05, 0) is 24.1 Å². The lowest BCUT2D eigenvalue weighted by molar-refractivity contribution is 0.206. The molecule has 1 aromatic heterocycles. The number of nitriles is 1. The summed E-state index contributed by atoms with van der Waals surface area (Å²) in [6.07, 6.45) is 4.12. The summed E-state index contributed by atoms with van der Waals surface area (Å²) >= 11 is 5.86. The number of halogens is 2. The molecule has 3 rings (SSSR count). The quantitative estimate of drug-likeness (QED) is 0.927. The molecule has 0 aliphatic carbocycles. The lowest BCUT2D eigenvalue weighted by Crippen LogP contribution is -2.38. The lowest BCUT2D eigenvalue weighted by atomic mass is 10.1. The third-order valence-corrected chi connectivity index (χ3v) is 4.19. The number of nitrogens with zero attached hydrogens (tertiary/aromatic N) is 4. The van der Waals surface area contributed by atoms with Gasteiger partial charge in [-0.1, -0.05) is 17.7 Å². The fraction of sp³-hybridized carbons (Fsp3) is 0.312. The molecule has 8 heteroatoms. The lowest BCUT2D eigenvalue weighted by Gasteiger charge is -2.17. The van der Waals surface area contributed by atoms with Gasteiger partial charge in [-0.25, -0.2) is 9.18 Å². The Morgan fingerprint density at radius 1 is 1.54 bits per heavy atom. The van der Waals surface area contributed by atoms with E-state index in [0.717, 1.165) is 6.42 Å². The van der Waals surface area contributed by atoms with Crippen LogP contribution in [0.3, 0.4) is 0 Å². The smallest absolute Gasteiger partial charge is 0.317 e. The molecule has 2 aromatic rings. The van der Waals surface area contributed by atoms with Crippen LogP contribution in [0, 0.1) is 17.1 Å². The van der Waals surface area contributed by atoms with E-state index in [9.17, 15) is 9.18 Å². The summed E-state index contributed by atoms with van der Waals surface area (Å²) in [5, 5.41) is 16.2. The van der Waals surface area contributed by atoms with Gasteiger partial charge < -0.3 is 10.2 Å². The number of aromatic nitrogens is 2. The van der Waals surface area contributed by atoms with Crippen molar-refractivity contribution in [1.82, 2.24) is 20.0 Å². The molecule has 124 valence electrons. The molecule has 1 aliphatic heterocycles. The van der Waals surface area contributed by atoms with Crippen molar-refractivity contribution in [2.45, 2.75) is 19.0 Å². The van der Waals surface area contributed by atoms with Gasteiger partial charge in [0.15, 0.2) is 0 Å². The number of carbonyl (C=O) groups is 1. The molecule has 0 saturated carbocycles. The molecule has 2 heterocycles. The molecule has 24 heavy (non-hydrogen) atoms. The molecule has 1 aliphatic rings. The standard InChI is InChI=1S/C16H15ClFN5O/c17-13-8-21-23(9-13)14-3-4-22(10-14)16(24)20-7-11-1-2-12(6-19)15(18)5-11/h1-2,5,8-9,14H,3-4,7,10H2,(H,20,24). The molecule has 1 N–H and O–H groups in total. The molecule has 0 spiro atoms. The predicted molar refractivity (Wildman–Crippen MR) is 85.8 cm³/mol. The maximum atomic E-state index is 13.6. The van der Waals surface area contributed by atoms with E-state index in [1.165, 1.54) is 12.1 Å². The Bertz CT molecular complexity index is 800. The van der Waals surface area contributed by atoms with Crippen LogP contribution < -0.4 is 5.32 Å². The van der Waals surface area contributed by atoms with Gasteiger partial charge in [-0.2, -0.15) is 10.4 Å². The molecule has 0 radical (unpaired) electrons. The molecular weight excluding hydrogens is 333 g/mol. The number of carbonyl (C=O) groups excluding carboxylic acids is 1. The van der Waals surface area contributed by atoms with Crippen LogP contribution in [0.1, 0.15) is 23.6 Å². The third kappa shape index (κ3) is 3.49. The van der Waals surface area contributed by atoms with E-state index in [1.807, 2.05) is 0 Å². The first-order valence-corrected chi connectivity index (χ1v) is 7.85. The van der Waals surface area contributed by atoms with Gasteiger partial charge in [0.1, 0.15) is 11.9 Å². The van der Waals surface area contributed by atoms with E-state index < -0.39 is 5.82 Å². The van der Waals surface area contributed by atoms with Crippen molar-refractivity contribution < 1.29 is 9.18 Å². The number of hydrogen-bond acceptors (Lipinski definition) is 3. The van der Waals surface area contributed by atoms with Crippen molar-refractivity contribution in [1.29, 1.82) is 5.26 Å². The Morgan fingerprint density at radius 2 is 2.38 bits per heavy atom. The number of nitrogens with one attached hydrogen (secondary N) is 1. The maximum Gasteiger partial charge on any atom is 0.317 e. The second-order valence-corrected chi connectivity index (χ2v) is 6.05. The van der Waals surface area contributed by atoms with Crippen LogP contribution in [0.15, 0.2) is 30.6 Å². The fourth-order valence-electron chi connectivity index (χ4n) is 2.71. The Balaban J connectivity index is 1.54. The van der Waals surface area contributed by atoms with Gasteiger partial charge in [0, 0.05) is 25.8 Å². The van der Waals surface area contributed by atoms with E-state index in [-0.39, 0.29) is 24.2 Å². The Kier molecular flexibility index (Phi) is 4.67. The second kappa shape index (κ2) is 6.89. The molecule has 1 fully saturated rings. The van der Waals surface area contributed by atoms with Crippen LogP contribution in [0.4, 0.5) is 9.18 Å². The zero-order valence-electron chi connectivity index (χ0n) is 12.7. The summed E-state index contributed by atoms with van der Waals surface area (Å²) in [6.45, 7) is 1.37. The summed E-state index contributed by atoms with van der Waals surface area (Å²) in [5.74, 6) is -0.582. The molecule has 1 aromatic carbocycles. The normalized spacial score (nSPS) is 16.9. The SMILES string of the molecule is N#Cc1ccc(CNC(=O)N2CCC(n3cc(Cl)cn3)C2)cc1F. The van der Waals surface area contributed by atoms with E-state index >= 15 is 0 Å². The molecule has 1 unspecified atom stereocenters. The maximum absolute atomic E-state index is 13.6. The highest BCUT2D eigenvalue weighted by Crippen LogP contribution is 2.22. The topological polar surface area (TPSA) is 74.0 Å². The molecule has 1 saturated heterocycles. The molecule has 6 nitrogen and oxygen atoms in total. The van der Waals surface area contributed by atoms with Gasteiger partial charge in [0.2, 0.25) is 0 Å². The zero-order valence-corrected chi connectivity index (χ0v) is 13.5. The Morgan fingerprint density at radius 3 is 3.04 bits per heavy atom. The monoisotopic (exact) mass is 347 g/mol. The van der Waals surface area contributed by atoms with Crippen LogP contribution >= 0.6 is 11.6 Å². The third-order valence-electron chi connectivity index (χ3n) is 3.99. The van der Waals surface area contributed by atoms with Gasteiger partial charge >= 0.3 is 6.03 Å². The van der Waals surface area contributed by atoms with Crippen LogP contribution in [0.25, 0.3) is 0 Å². The summed E-state index contributed by atoms with van der Waals surface area (Å²) in [6, 6.07) is 5.96. The van der Waals surface area contributed by atoms with Gasteiger partial charge in [0.25, 0.3) is 0 Å². The van der Waals surface area contributed by atoms with Crippen molar-refractivity contribution in [3.8, 4) is 6.07 Å². The molecular formula is C16H15ClFN5O. The van der Waals surface area contributed by atoms with Gasteiger partial charge in [-0.3, -0.25) is 4.68 Å². The summed E-state index contributed by atoms with van der Waals surface area (Å²) in [5.41, 5.74) is 0.597. The number of urea groups is 1. The molecule has 2 amide bonds. The van der Waals surface area contributed by atoms with Crippen molar-refractivity contribution in [2.24, 2.45) is 0 Å². The van der Waals surface area contributed by atoms with Gasteiger partial charge in [0.05, 0.1) is 22.8 Å². The highest BCUT2D eigenvalue weighted by atomic mass is 35.5. The number of likely N-dealkylation sites (tertiary alicyclic amines) is 1. The number of benzene rings is 1. The van der Waals surface area contributed by atoms with Crippen LogP contribution in [0.5, 0.6) is 0 Å². The first-order valence-electron chi connectivity index (χ1n) is 7.48. The first kappa shape index (κ1) is 16.3. The first-order chi connectivity index (χ1) is 11.6. The number of hydrogen-bond donors (Lipinski definition) is 1. The largest absolute Gasteiger partial charge is 0.334 e. The average Bonchev–Trinajstić information content (AvgIpc) is 3.21. The minimum absolute atomic E-state index is 0.00894. The highest BCUT2D eigenvalue weighted by Gasteiger charge is 2.27. The number of rotatable bonds is 3. The average molecular weight is 348 g/mol. The van der Waals surface area contributed by atoms with Crippen LogP contribution in [-0.4, -0.2) is 33.8 Å². The number of amides is 2. The van der Waals surface area contributed by atoms with E-state index in [1.54, 1.807) is 34.1 Å². The van der Waals surface area contributed by atoms with Crippen LogP contribution in [-0.2, 0) is 6.54 Å². The summed E-state index contributed by atoms with van der Waals surface area (Å²) in [4.78, 5) is 13.9. The summed E-state index contributed by atoms with van der Waals surface area (Å²) in [7, 11) is 0. The molecule has 0 bridgehead atoms. The minimum Gasteiger partial charge on any atom is -0.334 e. The van der Waals surface area contributed by atoms with E-state index in [0.29, 0.717) is 23.7 Å².